The molecule has 0 bridgehead atoms. The molecule has 0 aliphatic carbocycles. The number of aliphatic imine (C=N–C) groups is 2. The van der Waals surface area contributed by atoms with Crippen molar-refractivity contribution < 1.29 is 29.4 Å². The largest absolute Gasteiger partial charge is 0.480 e. The molecule has 0 aliphatic heterocycles. The smallest absolute Gasteiger partial charge is 0.326 e. The first-order valence-corrected chi connectivity index (χ1v) is 12.6. The number of carbonyl (C=O) groups excluding carboxylic acids is 3. The molecular weight excluding hydrogens is 524 g/mol. The van der Waals surface area contributed by atoms with Crippen LogP contribution in [0.4, 0.5) is 0 Å². The molecule has 0 saturated heterocycles. The first kappa shape index (κ1) is 33.6. The number of nitrogens with one attached hydrogen (secondary N) is 3. The molecule has 1 aromatic carbocycles. The zero-order valence-electron chi connectivity index (χ0n) is 22.2. The van der Waals surface area contributed by atoms with Crippen LogP contribution in [-0.4, -0.2) is 89.7 Å². The fourth-order valence-corrected chi connectivity index (χ4v) is 3.50. The van der Waals surface area contributed by atoms with Crippen LogP contribution in [0.5, 0.6) is 0 Å². The number of amides is 3. The van der Waals surface area contributed by atoms with E-state index in [9.17, 15) is 29.4 Å². The molecule has 0 aromatic heterocycles. The first-order chi connectivity index (χ1) is 18.9. The predicted molar refractivity (Wildman–Crippen MR) is 148 cm³/mol. The number of nitrogens with two attached hydrogens (primary N) is 5. The van der Waals surface area contributed by atoms with Crippen molar-refractivity contribution in [2.45, 2.75) is 56.3 Å². The van der Waals surface area contributed by atoms with E-state index in [0.717, 1.165) is 0 Å². The summed E-state index contributed by atoms with van der Waals surface area (Å²) < 4.78 is 0. The van der Waals surface area contributed by atoms with E-state index in [2.05, 4.69) is 25.9 Å². The molecule has 15 N–H and O–H groups in total. The van der Waals surface area contributed by atoms with Gasteiger partial charge in [-0.05, 0) is 31.2 Å². The van der Waals surface area contributed by atoms with E-state index in [-0.39, 0.29) is 57.1 Å². The SMILES string of the molecule is NC(N)=NCCCC(NC(=O)C(CCCN=C(N)N)NC(=O)C(Cc1ccccc1)NC(=O)C(N)CO)C(=O)O. The van der Waals surface area contributed by atoms with Crippen molar-refractivity contribution in [3.05, 3.63) is 35.9 Å². The number of carboxylic acids is 1. The van der Waals surface area contributed by atoms with Crippen LogP contribution in [0.3, 0.4) is 0 Å². The molecule has 0 spiro atoms. The monoisotopic (exact) mass is 564 g/mol. The van der Waals surface area contributed by atoms with Crippen molar-refractivity contribution in [1.82, 2.24) is 16.0 Å². The van der Waals surface area contributed by atoms with Crippen molar-refractivity contribution in [2.75, 3.05) is 19.7 Å². The number of guanidine groups is 2. The van der Waals surface area contributed by atoms with Gasteiger partial charge in [0.15, 0.2) is 11.9 Å². The average molecular weight is 565 g/mol. The molecule has 4 atom stereocenters. The fourth-order valence-electron chi connectivity index (χ4n) is 3.50. The highest BCUT2D eigenvalue weighted by Gasteiger charge is 2.30. The second kappa shape index (κ2) is 18.0. The summed E-state index contributed by atoms with van der Waals surface area (Å²) in [5, 5.41) is 26.3. The number of carbonyl (C=O) groups is 4. The minimum atomic E-state index is -1.28. The van der Waals surface area contributed by atoms with E-state index >= 15 is 0 Å². The van der Waals surface area contributed by atoms with Gasteiger partial charge in [-0.3, -0.25) is 24.4 Å². The van der Waals surface area contributed by atoms with Gasteiger partial charge in [-0.1, -0.05) is 30.3 Å². The van der Waals surface area contributed by atoms with Gasteiger partial charge in [0.2, 0.25) is 17.7 Å². The first-order valence-electron chi connectivity index (χ1n) is 12.6. The number of aliphatic carboxylic acids is 1. The van der Waals surface area contributed by atoms with Crippen LogP contribution in [0, 0.1) is 0 Å². The third-order valence-electron chi connectivity index (χ3n) is 5.59. The van der Waals surface area contributed by atoms with Crippen LogP contribution in [0.25, 0.3) is 0 Å². The number of carboxylic acid groups (broad SMARTS) is 1. The van der Waals surface area contributed by atoms with Gasteiger partial charge < -0.3 is 54.8 Å². The lowest BCUT2D eigenvalue weighted by molar-refractivity contribution is -0.142. The minimum absolute atomic E-state index is 0.0260. The van der Waals surface area contributed by atoms with Crippen LogP contribution < -0.4 is 44.6 Å². The summed E-state index contributed by atoms with van der Waals surface area (Å²) in [5.41, 5.74) is 27.5. The van der Waals surface area contributed by atoms with Crippen LogP contribution in [-0.2, 0) is 25.6 Å². The minimum Gasteiger partial charge on any atom is -0.480 e. The van der Waals surface area contributed by atoms with Crippen LogP contribution in [0.15, 0.2) is 40.3 Å². The molecule has 0 saturated carbocycles. The molecule has 0 fully saturated rings. The van der Waals surface area contributed by atoms with Gasteiger partial charge in [0, 0.05) is 19.5 Å². The maximum atomic E-state index is 13.3. The Kier molecular flexibility index (Phi) is 15.1. The number of aliphatic hydroxyl groups is 1. The quantitative estimate of drug-likeness (QED) is 0.0468. The number of hydrogen-bond donors (Lipinski definition) is 10. The lowest BCUT2D eigenvalue weighted by atomic mass is 10.0. The topological polar surface area (TPSA) is 300 Å². The van der Waals surface area contributed by atoms with Crippen molar-refractivity contribution in [3.63, 3.8) is 0 Å². The molecule has 222 valence electrons. The summed E-state index contributed by atoms with van der Waals surface area (Å²) in [6.45, 7) is -0.322. The number of nitrogens with zero attached hydrogens (tertiary/aromatic N) is 2. The summed E-state index contributed by atoms with van der Waals surface area (Å²) in [6.07, 6.45) is 0.674. The number of rotatable bonds is 18. The van der Waals surface area contributed by atoms with Crippen LogP contribution in [0.1, 0.15) is 31.2 Å². The molecular formula is C24H40N10O6. The molecule has 0 heterocycles. The summed E-state index contributed by atoms with van der Waals surface area (Å²) in [7, 11) is 0. The fraction of sp³-hybridized carbons (Fsp3) is 0.500. The maximum absolute atomic E-state index is 13.3. The van der Waals surface area contributed by atoms with Gasteiger partial charge in [-0.2, -0.15) is 0 Å². The number of aliphatic hydroxyl groups excluding tert-OH is 1. The lowest BCUT2D eigenvalue weighted by Gasteiger charge is -2.25. The molecule has 40 heavy (non-hydrogen) atoms. The van der Waals surface area contributed by atoms with Gasteiger partial charge in [0.1, 0.15) is 24.2 Å². The van der Waals surface area contributed by atoms with Crippen LogP contribution in [0.2, 0.25) is 0 Å². The van der Waals surface area contributed by atoms with Gasteiger partial charge >= 0.3 is 5.97 Å². The Balaban J connectivity index is 3.10. The van der Waals surface area contributed by atoms with E-state index in [1.165, 1.54) is 0 Å². The highest BCUT2D eigenvalue weighted by molar-refractivity contribution is 5.94. The van der Waals surface area contributed by atoms with E-state index in [4.69, 9.17) is 28.7 Å². The Bertz CT molecular complexity index is 1030. The third-order valence-corrected chi connectivity index (χ3v) is 5.59. The zero-order valence-corrected chi connectivity index (χ0v) is 22.2. The van der Waals surface area contributed by atoms with Gasteiger partial charge in [-0.15, -0.1) is 0 Å². The van der Waals surface area contributed by atoms with Crippen molar-refractivity contribution in [1.29, 1.82) is 0 Å². The van der Waals surface area contributed by atoms with E-state index in [0.29, 0.717) is 5.56 Å². The standard InChI is InChI=1S/C24H40N10O6/c25-15(13-35)19(36)34-18(12-14-6-2-1-3-7-14)21(38)32-16(8-4-10-30-23(26)27)20(37)33-17(22(39)40)9-5-11-31-24(28)29/h1-3,6-7,15-18,35H,4-5,8-13,25H2,(H,32,38)(H,33,37)(H,34,36)(H,39,40)(H4,26,27,30)(H4,28,29,31). The Labute approximate surface area is 231 Å². The van der Waals surface area contributed by atoms with Crippen molar-refractivity contribution >= 4 is 35.6 Å². The molecule has 0 radical (unpaired) electrons. The molecule has 16 nitrogen and oxygen atoms in total. The van der Waals surface area contributed by atoms with E-state index < -0.39 is 54.5 Å². The van der Waals surface area contributed by atoms with Gasteiger partial charge in [0.25, 0.3) is 0 Å². The summed E-state index contributed by atoms with van der Waals surface area (Å²) >= 11 is 0. The highest BCUT2D eigenvalue weighted by atomic mass is 16.4. The lowest BCUT2D eigenvalue weighted by Crippen LogP contribution is -2.58. The molecule has 1 aromatic rings. The Hall–Kier alpha value is -4.44. The van der Waals surface area contributed by atoms with E-state index in [1.54, 1.807) is 30.3 Å². The summed E-state index contributed by atoms with van der Waals surface area (Å²) in [6, 6.07) is 3.90. The zero-order chi connectivity index (χ0) is 30.1. The highest BCUT2D eigenvalue weighted by Crippen LogP contribution is 2.07. The molecule has 16 heteroatoms. The molecule has 3 amide bonds. The maximum Gasteiger partial charge on any atom is 0.326 e. The predicted octanol–water partition coefficient (Wildman–Crippen LogP) is -3.81. The third kappa shape index (κ3) is 13.4. The Morgan fingerprint density at radius 1 is 0.750 bits per heavy atom. The average Bonchev–Trinajstić information content (AvgIpc) is 2.90. The van der Waals surface area contributed by atoms with Crippen molar-refractivity contribution in [2.24, 2.45) is 38.7 Å². The second-order valence-electron chi connectivity index (χ2n) is 8.90. The van der Waals surface area contributed by atoms with Gasteiger partial charge in [0.05, 0.1) is 6.61 Å². The number of hydrogen-bond acceptors (Lipinski definition) is 8. The summed E-state index contributed by atoms with van der Waals surface area (Å²) in [4.78, 5) is 58.2. The van der Waals surface area contributed by atoms with Gasteiger partial charge in [-0.25, -0.2) is 4.79 Å². The Morgan fingerprint density at radius 2 is 1.23 bits per heavy atom. The van der Waals surface area contributed by atoms with Crippen LogP contribution >= 0.6 is 0 Å². The molecule has 0 aliphatic rings. The molecule has 1 rings (SSSR count). The Morgan fingerprint density at radius 3 is 1.73 bits per heavy atom. The van der Waals surface area contributed by atoms with Crippen molar-refractivity contribution in [3.8, 4) is 0 Å². The molecule has 4 unspecified atom stereocenters. The number of benzene rings is 1. The normalized spacial score (nSPS) is 13.6. The summed E-state index contributed by atoms with van der Waals surface area (Å²) in [5.74, 6) is -3.82. The van der Waals surface area contributed by atoms with E-state index in [1.807, 2.05) is 0 Å². The second-order valence-corrected chi connectivity index (χ2v) is 8.90.